The monoisotopic (exact) mass is 616 g/mol. The maximum atomic E-state index is 13.9. The third-order valence-electron chi connectivity index (χ3n) is 8.86. The van der Waals surface area contributed by atoms with E-state index in [0.29, 0.717) is 39.9 Å². The predicted molar refractivity (Wildman–Crippen MR) is 171 cm³/mol. The molecule has 0 saturated heterocycles. The van der Waals surface area contributed by atoms with Crippen LogP contribution in [0.4, 0.5) is 22.2 Å². The van der Waals surface area contributed by atoms with E-state index in [2.05, 4.69) is 34.3 Å². The van der Waals surface area contributed by atoms with Crippen molar-refractivity contribution in [1.29, 1.82) is 0 Å². The first kappa shape index (κ1) is 29.7. The number of methoxy groups -OCH3 is 2. The van der Waals surface area contributed by atoms with Crippen LogP contribution >= 0.6 is 11.6 Å². The molecule has 10 nitrogen and oxygen atoms in total. The van der Waals surface area contributed by atoms with Crippen molar-refractivity contribution in [3.05, 3.63) is 77.0 Å². The van der Waals surface area contributed by atoms with E-state index in [1.807, 2.05) is 18.2 Å². The zero-order valence-electron chi connectivity index (χ0n) is 25.2. The molecule has 2 aliphatic carbocycles. The minimum absolute atomic E-state index is 0.0952. The summed E-state index contributed by atoms with van der Waals surface area (Å²) in [5.41, 5.74) is 3.56. The Balaban J connectivity index is 1.26. The van der Waals surface area contributed by atoms with Crippen LogP contribution in [0.3, 0.4) is 0 Å². The number of amides is 3. The fraction of sp³-hybridized carbons (Fsp3) is 0.394. The molecular formula is C33H37ClN6O4. The second kappa shape index (κ2) is 12.4. The average Bonchev–Trinajstić information content (AvgIpc) is 3.89. The van der Waals surface area contributed by atoms with Crippen molar-refractivity contribution in [2.75, 3.05) is 36.4 Å². The molecule has 0 bridgehead atoms. The van der Waals surface area contributed by atoms with Gasteiger partial charge >= 0.3 is 6.03 Å². The lowest BCUT2D eigenvalue weighted by Gasteiger charge is -2.38. The predicted octanol–water partition coefficient (Wildman–Crippen LogP) is 6.02. The van der Waals surface area contributed by atoms with Gasteiger partial charge in [0.05, 0.1) is 26.5 Å². The van der Waals surface area contributed by atoms with Crippen LogP contribution in [-0.2, 0) is 11.3 Å². The van der Waals surface area contributed by atoms with Crippen molar-refractivity contribution in [1.82, 2.24) is 15.3 Å². The topological polar surface area (TPSA) is 109 Å². The van der Waals surface area contributed by atoms with E-state index < -0.39 is 0 Å². The third-order valence-corrected chi connectivity index (χ3v) is 9.22. The molecule has 0 radical (unpaired) electrons. The van der Waals surface area contributed by atoms with E-state index in [9.17, 15) is 9.59 Å². The first-order valence-electron chi connectivity index (χ1n) is 14.9. The number of anilines is 3. The Bertz CT molecular complexity index is 1580. The molecule has 3 amide bonds. The van der Waals surface area contributed by atoms with Gasteiger partial charge in [-0.1, -0.05) is 48.5 Å². The van der Waals surface area contributed by atoms with Gasteiger partial charge in [-0.25, -0.2) is 9.78 Å². The van der Waals surface area contributed by atoms with Crippen LogP contribution in [0.25, 0.3) is 0 Å². The van der Waals surface area contributed by atoms with Crippen LogP contribution in [0.15, 0.2) is 55.3 Å². The molecule has 2 fully saturated rings. The second-order valence-electron chi connectivity index (χ2n) is 11.6. The molecule has 1 aliphatic heterocycles. The summed E-state index contributed by atoms with van der Waals surface area (Å²) in [6.07, 6.45) is 7.58. The summed E-state index contributed by atoms with van der Waals surface area (Å²) < 4.78 is 11.2. The summed E-state index contributed by atoms with van der Waals surface area (Å²) in [6.45, 7) is 3.87. The van der Waals surface area contributed by atoms with Gasteiger partial charge in [0.25, 0.3) is 0 Å². The van der Waals surface area contributed by atoms with E-state index in [1.165, 1.54) is 16.5 Å². The number of halogens is 1. The fourth-order valence-electron chi connectivity index (χ4n) is 6.45. The average molecular weight is 617 g/mol. The van der Waals surface area contributed by atoms with Crippen LogP contribution in [-0.4, -0.2) is 55.3 Å². The molecule has 2 heterocycles. The van der Waals surface area contributed by atoms with E-state index in [-0.39, 0.29) is 36.5 Å². The Labute approximate surface area is 262 Å². The molecule has 1 aromatic heterocycles. The first-order valence-corrected chi connectivity index (χ1v) is 15.3. The zero-order valence-corrected chi connectivity index (χ0v) is 25.9. The van der Waals surface area contributed by atoms with Crippen molar-refractivity contribution in [2.24, 2.45) is 0 Å². The number of hydrogen-bond acceptors (Lipinski definition) is 7. The summed E-state index contributed by atoms with van der Waals surface area (Å²) in [5.74, 6) is 2.39. The summed E-state index contributed by atoms with van der Waals surface area (Å²) in [4.78, 5) is 38.8. The lowest BCUT2D eigenvalue weighted by Crippen LogP contribution is -2.50. The summed E-state index contributed by atoms with van der Waals surface area (Å²) in [5, 5.41) is 6.93. The molecule has 3 atom stereocenters. The van der Waals surface area contributed by atoms with Crippen LogP contribution in [0.1, 0.15) is 60.6 Å². The molecule has 11 heteroatoms. The maximum Gasteiger partial charge on any atom is 0.330 e. The Morgan fingerprint density at radius 3 is 2.48 bits per heavy atom. The molecule has 0 spiro atoms. The number of ether oxygens (including phenoxy) is 2. The van der Waals surface area contributed by atoms with Gasteiger partial charge in [0.2, 0.25) is 11.9 Å². The van der Waals surface area contributed by atoms with E-state index in [4.69, 9.17) is 26.1 Å². The number of nitrogens with one attached hydrogen (secondary N) is 2. The highest BCUT2D eigenvalue weighted by molar-refractivity contribution is 6.36. The number of carbonyl (C=O) groups is 2. The largest absolute Gasteiger partial charge is 0.496 e. The lowest BCUT2D eigenvalue weighted by molar-refractivity contribution is -0.117. The van der Waals surface area contributed by atoms with Gasteiger partial charge in [0.15, 0.2) is 0 Å². The van der Waals surface area contributed by atoms with Gasteiger partial charge < -0.3 is 20.1 Å². The molecule has 6 rings (SSSR count). The SMILES string of the molecule is C=CC(=O)N[C@H]1CC(c2ccccc2)CC[C@H]1Nc1ncc2c(n1)N(C)C(=O)N(c1c(Cl)c(OC)cc(OC)c1C1CC1)C2. The number of hydrogen-bond donors (Lipinski definition) is 2. The van der Waals surface area contributed by atoms with Crippen LogP contribution in [0.5, 0.6) is 11.5 Å². The highest BCUT2D eigenvalue weighted by Crippen LogP contribution is 2.54. The normalized spacial score (nSPS) is 21.4. The zero-order chi connectivity index (χ0) is 31.0. The molecule has 230 valence electrons. The molecule has 3 aliphatic rings. The Morgan fingerprint density at radius 1 is 1.07 bits per heavy atom. The maximum absolute atomic E-state index is 13.9. The minimum atomic E-state index is -0.263. The number of nitrogens with zero attached hydrogens (tertiary/aromatic N) is 4. The number of urea groups is 1. The molecule has 2 saturated carbocycles. The Morgan fingerprint density at radius 2 is 1.80 bits per heavy atom. The lowest BCUT2D eigenvalue weighted by atomic mass is 9.78. The van der Waals surface area contributed by atoms with Crippen LogP contribution in [0, 0.1) is 0 Å². The van der Waals surface area contributed by atoms with Crippen molar-refractivity contribution in [3.8, 4) is 11.5 Å². The van der Waals surface area contributed by atoms with E-state index in [0.717, 1.165) is 43.2 Å². The number of carbonyl (C=O) groups excluding carboxylic acids is 2. The fourth-order valence-corrected chi connectivity index (χ4v) is 6.79. The summed E-state index contributed by atoms with van der Waals surface area (Å²) in [7, 11) is 4.86. The van der Waals surface area contributed by atoms with Crippen molar-refractivity contribution in [2.45, 2.75) is 62.6 Å². The number of fused-ring (bicyclic) bond motifs is 1. The van der Waals surface area contributed by atoms with Gasteiger partial charge in [0, 0.05) is 42.5 Å². The highest BCUT2D eigenvalue weighted by atomic mass is 35.5. The van der Waals surface area contributed by atoms with Crippen molar-refractivity contribution < 1.29 is 19.1 Å². The Kier molecular flexibility index (Phi) is 8.35. The molecule has 2 aromatic carbocycles. The number of benzene rings is 2. The van der Waals surface area contributed by atoms with Gasteiger partial charge in [-0.2, -0.15) is 4.98 Å². The smallest absolute Gasteiger partial charge is 0.330 e. The molecular weight excluding hydrogens is 580 g/mol. The third kappa shape index (κ3) is 5.66. The standard InChI is InChI=1S/C33H37ClN6O4/c1-5-27(41)36-24-15-21(19-9-7-6-8-10-19)13-14-23(24)37-32-35-17-22-18-40(33(42)39(2)31(22)38-32)30-28(20-11-12-20)25(43-3)16-26(44-4)29(30)34/h5-10,16-17,20-21,23-24H,1,11-15,18H2,2-4H3,(H,36,41)(H,35,37,38)/t21?,23-,24+/m1/s1. The quantitative estimate of drug-likeness (QED) is 0.283. The van der Waals surface area contributed by atoms with Crippen LogP contribution < -0.4 is 29.9 Å². The van der Waals surface area contributed by atoms with E-state index in [1.54, 1.807) is 38.4 Å². The molecule has 1 unspecified atom stereocenters. The summed E-state index contributed by atoms with van der Waals surface area (Å²) in [6, 6.07) is 11.6. The van der Waals surface area contributed by atoms with Crippen LogP contribution in [0.2, 0.25) is 5.02 Å². The number of rotatable bonds is 9. The Hall–Kier alpha value is -4.31. The molecule has 44 heavy (non-hydrogen) atoms. The first-order chi connectivity index (χ1) is 21.3. The number of aromatic nitrogens is 2. The van der Waals surface area contributed by atoms with Crippen molar-refractivity contribution in [3.63, 3.8) is 0 Å². The van der Waals surface area contributed by atoms with Crippen molar-refractivity contribution >= 4 is 41.0 Å². The highest BCUT2D eigenvalue weighted by Gasteiger charge is 2.40. The van der Waals surface area contributed by atoms with Gasteiger partial charge in [-0.3, -0.25) is 14.6 Å². The second-order valence-corrected chi connectivity index (χ2v) is 12.0. The molecule has 3 aromatic rings. The van der Waals surface area contributed by atoms with Gasteiger partial charge in [-0.05, 0) is 55.6 Å². The van der Waals surface area contributed by atoms with Gasteiger partial charge in [0.1, 0.15) is 22.3 Å². The minimum Gasteiger partial charge on any atom is -0.496 e. The molecule has 2 N–H and O–H groups in total. The summed E-state index contributed by atoms with van der Waals surface area (Å²) >= 11 is 6.86. The van der Waals surface area contributed by atoms with E-state index >= 15 is 0 Å². The van der Waals surface area contributed by atoms with Gasteiger partial charge in [-0.15, -0.1) is 0 Å².